The summed E-state index contributed by atoms with van der Waals surface area (Å²) in [7, 11) is -3.54. The average Bonchev–Trinajstić information content (AvgIpc) is 2.72. The summed E-state index contributed by atoms with van der Waals surface area (Å²) in [5, 5.41) is 5.83. The van der Waals surface area contributed by atoms with E-state index in [1.54, 1.807) is 44.2 Å². The van der Waals surface area contributed by atoms with Crippen LogP contribution < -0.4 is 10.6 Å². The molecule has 32 heavy (non-hydrogen) atoms. The Morgan fingerprint density at radius 3 is 2.25 bits per heavy atom. The van der Waals surface area contributed by atoms with Crippen molar-refractivity contribution in [3.8, 4) is 0 Å². The summed E-state index contributed by atoms with van der Waals surface area (Å²) in [5.41, 5.74) is 1.25. The number of anilines is 1. The Morgan fingerprint density at radius 2 is 1.69 bits per heavy atom. The highest BCUT2D eigenvalue weighted by molar-refractivity contribution is 7.89. The van der Waals surface area contributed by atoms with E-state index >= 15 is 0 Å². The third-order valence-corrected chi connectivity index (χ3v) is 6.85. The van der Waals surface area contributed by atoms with E-state index in [1.165, 1.54) is 28.6 Å². The zero-order valence-electron chi connectivity index (χ0n) is 18.6. The number of hydrogen-bond donors (Lipinski definition) is 2. The summed E-state index contributed by atoms with van der Waals surface area (Å²) in [4.78, 5) is 25.0. The molecule has 9 heteroatoms. The summed E-state index contributed by atoms with van der Waals surface area (Å²) in [5.74, 6) is -0.772. The standard InChI is InChI=1S/C23H28ClN3O4S/c1-5-27(6-2)32(30,31)19-11-7-17(8-12-19)9-14-22(28)26-21-15-18(24)10-13-20(21)23(29)25-16(3)4/h7-16H,5-6H2,1-4H3,(H,25,29)(H,26,28). The van der Waals surface area contributed by atoms with E-state index in [-0.39, 0.29) is 16.8 Å². The molecule has 172 valence electrons. The smallest absolute Gasteiger partial charge is 0.253 e. The first-order valence-electron chi connectivity index (χ1n) is 10.3. The summed E-state index contributed by atoms with van der Waals surface area (Å²) >= 11 is 6.02. The van der Waals surface area contributed by atoms with Crippen molar-refractivity contribution in [3.63, 3.8) is 0 Å². The molecular formula is C23H28ClN3O4S. The molecule has 0 atom stereocenters. The van der Waals surface area contributed by atoms with Gasteiger partial charge in [0, 0.05) is 30.2 Å². The van der Waals surface area contributed by atoms with Gasteiger partial charge < -0.3 is 10.6 Å². The lowest BCUT2D eigenvalue weighted by Gasteiger charge is -2.18. The highest BCUT2D eigenvalue weighted by Crippen LogP contribution is 2.22. The fraction of sp³-hybridized carbons (Fsp3) is 0.304. The Labute approximate surface area is 194 Å². The fourth-order valence-corrected chi connectivity index (χ4v) is 4.60. The lowest BCUT2D eigenvalue weighted by Crippen LogP contribution is -2.31. The molecule has 2 aromatic rings. The SMILES string of the molecule is CCN(CC)S(=O)(=O)c1ccc(C=CC(=O)Nc2cc(Cl)ccc2C(=O)NC(C)C)cc1. The highest BCUT2D eigenvalue weighted by Gasteiger charge is 2.21. The zero-order valence-corrected chi connectivity index (χ0v) is 20.1. The number of sulfonamides is 1. The van der Waals surface area contributed by atoms with Gasteiger partial charge >= 0.3 is 0 Å². The molecule has 0 spiro atoms. The molecule has 0 aliphatic heterocycles. The highest BCUT2D eigenvalue weighted by atomic mass is 35.5. The molecule has 2 amide bonds. The van der Waals surface area contributed by atoms with E-state index in [0.717, 1.165) is 0 Å². The van der Waals surface area contributed by atoms with Crippen molar-refractivity contribution in [2.24, 2.45) is 0 Å². The van der Waals surface area contributed by atoms with Crippen molar-refractivity contribution in [1.29, 1.82) is 0 Å². The monoisotopic (exact) mass is 477 g/mol. The van der Waals surface area contributed by atoms with Gasteiger partial charge in [0.2, 0.25) is 15.9 Å². The minimum Gasteiger partial charge on any atom is -0.350 e. The maximum atomic E-state index is 12.6. The Bertz CT molecular complexity index is 1090. The van der Waals surface area contributed by atoms with Crippen LogP contribution >= 0.6 is 11.6 Å². The summed E-state index contributed by atoms with van der Waals surface area (Å²) in [6.07, 6.45) is 2.86. The van der Waals surface area contributed by atoms with Crippen LogP contribution in [0.5, 0.6) is 0 Å². The average molecular weight is 478 g/mol. The minimum atomic E-state index is -3.54. The van der Waals surface area contributed by atoms with Crippen molar-refractivity contribution in [2.45, 2.75) is 38.6 Å². The lowest BCUT2D eigenvalue weighted by atomic mass is 10.1. The predicted molar refractivity (Wildman–Crippen MR) is 128 cm³/mol. The van der Waals surface area contributed by atoms with Crippen LogP contribution in [0.15, 0.2) is 53.4 Å². The van der Waals surface area contributed by atoms with Gasteiger partial charge in [0.15, 0.2) is 0 Å². The van der Waals surface area contributed by atoms with E-state index in [9.17, 15) is 18.0 Å². The maximum Gasteiger partial charge on any atom is 0.253 e. The second-order valence-electron chi connectivity index (χ2n) is 7.30. The van der Waals surface area contributed by atoms with Gasteiger partial charge in [-0.05, 0) is 55.8 Å². The van der Waals surface area contributed by atoms with E-state index in [4.69, 9.17) is 11.6 Å². The molecule has 0 aliphatic rings. The minimum absolute atomic E-state index is 0.0601. The normalized spacial score (nSPS) is 11.8. The largest absolute Gasteiger partial charge is 0.350 e. The van der Waals surface area contributed by atoms with Gasteiger partial charge in [-0.25, -0.2) is 8.42 Å². The number of carbonyl (C=O) groups is 2. The molecule has 0 aromatic heterocycles. The van der Waals surface area contributed by atoms with Gasteiger partial charge in [-0.15, -0.1) is 0 Å². The van der Waals surface area contributed by atoms with Crippen LogP contribution in [0.3, 0.4) is 0 Å². The van der Waals surface area contributed by atoms with Gasteiger partial charge in [-0.3, -0.25) is 9.59 Å². The second-order valence-corrected chi connectivity index (χ2v) is 9.67. The van der Waals surface area contributed by atoms with Gasteiger partial charge in [0.05, 0.1) is 16.1 Å². The van der Waals surface area contributed by atoms with Crippen molar-refractivity contribution in [2.75, 3.05) is 18.4 Å². The fourth-order valence-electron chi connectivity index (χ4n) is 2.97. The first kappa shape index (κ1) is 25.6. The van der Waals surface area contributed by atoms with Crippen molar-refractivity contribution in [3.05, 3.63) is 64.7 Å². The molecule has 0 heterocycles. The summed E-state index contributed by atoms with van der Waals surface area (Å²) in [6.45, 7) is 8.03. The van der Waals surface area contributed by atoms with Crippen molar-refractivity contribution >= 4 is 45.2 Å². The predicted octanol–water partition coefficient (Wildman–Crippen LogP) is 4.16. The van der Waals surface area contributed by atoms with Crippen molar-refractivity contribution < 1.29 is 18.0 Å². The van der Waals surface area contributed by atoms with E-state index in [0.29, 0.717) is 34.9 Å². The number of carbonyl (C=O) groups excluding carboxylic acids is 2. The molecule has 7 nitrogen and oxygen atoms in total. The molecule has 0 radical (unpaired) electrons. The molecule has 0 bridgehead atoms. The van der Waals surface area contributed by atoms with Crippen LogP contribution in [0.2, 0.25) is 5.02 Å². The van der Waals surface area contributed by atoms with Gasteiger partial charge in [0.25, 0.3) is 5.91 Å². The summed E-state index contributed by atoms with van der Waals surface area (Å²) in [6, 6.07) is 10.9. The quantitative estimate of drug-likeness (QED) is 0.530. The molecule has 0 saturated heterocycles. The maximum absolute atomic E-state index is 12.6. The molecule has 2 N–H and O–H groups in total. The Morgan fingerprint density at radius 1 is 1.06 bits per heavy atom. The van der Waals surface area contributed by atoms with Crippen LogP contribution in [-0.4, -0.2) is 43.7 Å². The van der Waals surface area contributed by atoms with E-state index in [1.807, 2.05) is 13.8 Å². The second kappa shape index (κ2) is 11.3. The van der Waals surface area contributed by atoms with Gasteiger partial charge in [0.1, 0.15) is 0 Å². The Balaban J connectivity index is 2.15. The first-order chi connectivity index (χ1) is 15.1. The first-order valence-corrected chi connectivity index (χ1v) is 12.1. The van der Waals surface area contributed by atoms with E-state index < -0.39 is 15.9 Å². The molecular weight excluding hydrogens is 450 g/mol. The Kier molecular flexibility index (Phi) is 9.00. The number of halogens is 1. The van der Waals surface area contributed by atoms with Crippen LogP contribution in [0, 0.1) is 0 Å². The van der Waals surface area contributed by atoms with Gasteiger partial charge in [-0.2, -0.15) is 4.31 Å². The topological polar surface area (TPSA) is 95.6 Å². The number of benzene rings is 2. The van der Waals surface area contributed by atoms with Crippen LogP contribution in [-0.2, 0) is 14.8 Å². The number of rotatable bonds is 9. The molecule has 0 fully saturated rings. The molecule has 2 rings (SSSR count). The number of hydrogen-bond acceptors (Lipinski definition) is 4. The van der Waals surface area contributed by atoms with Crippen LogP contribution in [0.25, 0.3) is 6.08 Å². The van der Waals surface area contributed by atoms with E-state index in [2.05, 4.69) is 10.6 Å². The lowest BCUT2D eigenvalue weighted by molar-refractivity contribution is -0.111. The number of amides is 2. The zero-order chi connectivity index (χ0) is 23.9. The van der Waals surface area contributed by atoms with Crippen LogP contribution in [0.4, 0.5) is 5.69 Å². The molecule has 2 aromatic carbocycles. The summed E-state index contributed by atoms with van der Waals surface area (Å²) < 4.78 is 26.5. The third-order valence-electron chi connectivity index (χ3n) is 4.55. The third kappa shape index (κ3) is 6.66. The molecule has 0 saturated carbocycles. The Hall–Kier alpha value is -2.68. The van der Waals surface area contributed by atoms with Crippen molar-refractivity contribution in [1.82, 2.24) is 9.62 Å². The van der Waals surface area contributed by atoms with Crippen LogP contribution in [0.1, 0.15) is 43.6 Å². The van der Waals surface area contributed by atoms with Gasteiger partial charge in [-0.1, -0.05) is 37.6 Å². The number of nitrogens with one attached hydrogen (secondary N) is 2. The molecule has 0 unspecified atom stereocenters. The molecule has 0 aliphatic carbocycles. The number of nitrogens with zero attached hydrogens (tertiary/aromatic N) is 1.